The molecule has 0 saturated heterocycles. The highest BCUT2D eigenvalue weighted by Gasteiger charge is 2.01. The molecule has 0 amide bonds. The van der Waals surface area contributed by atoms with Gasteiger partial charge in [0, 0.05) is 0 Å². The summed E-state index contributed by atoms with van der Waals surface area (Å²) in [6, 6.07) is 26.5. The molecule has 0 unspecified atom stereocenters. The van der Waals surface area contributed by atoms with E-state index in [2.05, 4.69) is 66.7 Å². The van der Waals surface area contributed by atoms with E-state index in [1.54, 1.807) is 0 Å². The first-order valence-electron chi connectivity index (χ1n) is 5.86. The van der Waals surface area contributed by atoms with E-state index >= 15 is 0 Å². The molecule has 0 spiro atoms. The lowest BCUT2D eigenvalue weighted by atomic mass is 9.99. The molecule has 3 rings (SSSR count). The van der Waals surface area contributed by atoms with Crippen molar-refractivity contribution in [3.05, 3.63) is 83.9 Å². The van der Waals surface area contributed by atoms with Gasteiger partial charge in [0.25, 0.3) is 0 Å². The summed E-state index contributed by atoms with van der Waals surface area (Å²) in [5.41, 5.74) is 2.61. The van der Waals surface area contributed by atoms with Crippen LogP contribution in [0.2, 0.25) is 0 Å². The number of hydrogen-bond donors (Lipinski definition) is 0. The Labute approximate surface area is 102 Å². The maximum atomic E-state index is 3.36. The smallest absolute Gasteiger partial charge is 0.00134 e. The second kappa shape index (κ2) is 4.42. The van der Waals surface area contributed by atoms with E-state index in [0.29, 0.717) is 0 Å². The molecule has 0 aromatic heterocycles. The molecule has 0 aliphatic carbocycles. The average molecular weight is 217 g/mol. The third-order valence-electron chi connectivity index (χ3n) is 3.03. The molecule has 17 heavy (non-hydrogen) atoms. The zero-order chi connectivity index (χ0) is 11.5. The summed E-state index contributed by atoms with van der Waals surface area (Å²) in [6.45, 7) is 0. The van der Waals surface area contributed by atoms with Gasteiger partial charge in [-0.3, -0.25) is 0 Å². The first-order valence-corrected chi connectivity index (χ1v) is 5.86. The summed E-state index contributed by atoms with van der Waals surface area (Å²) in [5, 5.41) is 2.59. The molecular formula is C17H13. The van der Waals surface area contributed by atoms with Crippen LogP contribution in [0.15, 0.2) is 66.7 Å². The minimum atomic E-state index is 0.947. The van der Waals surface area contributed by atoms with Crippen LogP contribution in [0.25, 0.3) is 10.8 Å². The average Bonchev–Trinajstić information content (AvgIpc) is 2.40. The largest absolute Gasteiger partial charge is 0.0622 e. The van der Waals surface area contributed by atoms with Crippen LogP contribution in [0.1, 0.15) is 11.1 Å². The minimum absolute atomic E-state index is 0.947. The van der Waals surface area contributed by atoms with E-state index < -0.39 is 0 Å². The standard InChI is InChI=1S/C17H13/c1-2-7-14(8-3-1)13-16-11-6-10-15-9-4-5-12-17(15)16/h1-10,12H,13H2. The lowest BCUT2D eigenvalue weighted by molar-refractivity contribution is 1.21. The normalized spacial score (nSPS) is 10.6. The van der Waals surface area contributed by atoms with Crippen molar-refractivity contribution in [1.29, 1.82) is 0 Å². The fourth-order valence-corrected chi connectivity index (χ4v) is 2.17. The fraction of sp³-hybridized carbons (Fsp3) is 0.0588. The fourth-order valence-electron chi connectivity index (χ4n) is 2.17. The molecule has 0 heteroatoms. The lowest BCUT2D eigenvalue weighted by Crippen LogP contribution is -1.89. The summed E-state index contributed by atoms with van der Waals surface area (Å²) < 4.78 is 0. The Kier molecular flexibility index (Phi) is 2.63. The predicted octanol–water partition coefficient (Wildman–Crippen LogP) is 4.23. The zero-order valence-corrected chi connectivity index (χ0v) is 9.56. The van der Waals surface area contributed by atoms with Crippen LogP contribution in [0.5, 0.6) is 0 Å². The van der Waals surface area contributed by atoms with Crippen molar-refractivity contribution in [3.63, 3.8) is 0 Å². The van der Waals surface area contributed by atoms with Crippen molar-refractivity contribution in [2.24, 2.45) is 0 Å². The molecule has 0 nitrogen and oxygen atoms in total. The van der Waals surface area contributed by atoms with Crippen LogP contribution in [0, 0.1) is 6.07 Å². The highest BCUT2D eigenvalue weighted by Crippen LogP contribution is 2.20. The van der Waals surface area contributed by atoms with Crippen molar-refractivity contribution in [2.75, 3.05) is 0 Å². The summed E-state index contributed by atoms with van der Waals surface area (Å²) in [7, 11) is 0. The number of benzene rings is 3. The Morgan fingerprint density at radius 3 is 2.41 bits per heavy atom. The van der Waals surface area contributed by atoms with Crippen LogP contribution in [-0.4, -0.2) is 0 Å². The van der Waals surface area contributed by atoms with E-state index in [9.17, 15) is 0 Å². The van der Waals surface area contributed by atoms with Crippen LogP contribution in [-0.2, 0) is 6.42 Å². The summed E-state index contributed by atoms with van der Waals surface area (Å²) in [4.78, 5) is 0. The molecule has 3 aromatic rings. The molecular weight excluding hydrogens is 204 g/mol. The topological polar surface area (TPSA) is 0 Å². The van der Waals surface area contributed by atoms with Crippen LogP contribution in [0.4, 0.5) is 0 Å². The first-order chi connectivity index (χ1) is 8.43. The van der Waals surface area contributed by atoms with Gasteiger partial charge in [-0.25, -0.2) is 0 Å². The van der Waals surface area contributed by atoms with E-state index in [1.807, 2.05) is 6.07 Å². The molecule has 0 N–H and O–H groups in total. The SMILES string of the molecule is [c]1ccc2ccccc2c1Cc1ccccc1. The maximum Gasteiger partial charge on any atom is -0.00134 e. The second-order valence-electron chi connectivity index (χ2n) is 4.21. The Morgan fingerprint density at radius 2 is 1.53 bits per heavy atom. The van der Waals surface area contributed by atoms with Gasteiger partial charge in [-0.05, 0) is 34.4 Å². The molecule has 0 fully saturated rings. The van der Waals surface area contributed by atoms with Crippen molar-refractivity contribution < 1.29 is 0 Å². The van der Waals surface area contributed by atoms with Gasteiger partial charge < -0.3 is 0 Å². The van der Waals surface area contributed by atoms with Crippen molar-refractivity contribution in [3.8, 4) is 0 Å². The van der Waals surface area contributed by atoms with Crippen molar-refractivity contribution >= 4 is 10.8 Å². The Balaban J connectivity index is 2.06. The molecule has 0 aliphatic rings. The third-order valence-corrected chi connectivity index (χ3v) is 3.03. The quantitative estimate of drug-likeness (QED) is 0.602. The van der Waals surface area contributed by atoms with Crippen molar-refractivity contribution in [2.45, 2.75) is 6.42 Å². The van der Waals surface area contributed by atoms with Crippen molar-refractivity contribution in [1.82, 2.24) is 0 Å². The monoisotopic (exact) mass is 217 g/mol. The van der Waals surface area contributed by atoms with Gasteiger partial charge in [0.15, 0.2) is 0 Å². The highest BCUT2D eigenvalue weighted by molar-refractivity contribution is 5.85. The summed E-state index contributed by atoms with van der Waals surface area (Å²) in [5.74, 6) is 0. The molecule has 0 heterocycles. The van der Waals surface area contributed by atoms with Crippen LogP contribution < -0.4 is 0 Å². The van der Waals surface area contributed by atoms with E-state index in [0.717, 1.165) is 6.42 Å². The van der Waals surface area contributed by atoms with Gasteiger partial charge in [0.1, 0.15) is 0 Å². The van der Waals surface area contributed by atoms with E-state index in [1.165, 1.54) is 21.9 Å². The number of hydrogen-bond acceptors (Lipinski definition) is 0. The molecule has 0 aliphatic heterocycles. The summed E-state index contributed by atoms with van der Waals surface area (Å²) >= 11 is 0. The predicted molar refractivity (Wildman–Crippen MR) is 72.0 cm³/mol. The second-order valence-corrected chi connectivity index (χ2v) is 4.21. The van der Waals surface area contributed by atoms with E-state index in [-0.39, 0.29) is 0 Å². The Bertz CT molecular complexity index is 618. The minimum Gasteiger partial charge on any atom is -0.0622 e. The number of fused-ring (bicyclic) bond motifs is 1. The maximum absolute atomic E-state index is 3.36. The molecule has 3 aromatic carbocycles. The Morgan fingerprint density at radius 1 is 0.765 bits per heavy atom. The van der Waals surface area contributed by atoms with E-state index in [4.69, 9.17) is 0 Å². The van der Waals surface area contributed by atoms with Crippen LogP contribution >= 0.6 is 0 Å². The van der Waals surface area contributed by atoms with Gasteiger partial charge in [-0.2, -0.15) is 0 Å². The van der Waals surface area contributed by atoms with Gasteiger partial charge in [-0.15, -0.1) is 0 Å². The van der Waals surface area contributed by atoms with Crippen LogP contribution in [0.3, 0.4) is 0 Å². The number of rotatable bonds is 2. The van der Waals surface area contributed by atoms with Gasteiger partial charge in [0.05, 0.1) is 0 Å². The third kappa shape index (κ3) is 2.07. The van der Waals surface area contributed by atoms with Gasteiger partial charge in [0.2, 0.25) is 0 Å². The molecule has 0 atom stereocenters. The highest BCUT2D eigenvalue weighted by atomic mass is 14.0. The van der Waals surface area contributed by atoms with Gasteiger partial charge in [-0.1, -0.05) is 66.7 Å². The first kappa shape index (κ1) is 10.1. The molecule has 0 saturated carbocycles. The molecule has 0 bridgehead atoms. The lowest BCUT2D eigenvalue weighted by Gasteiger charge is -2.06. The summed E-state index contributed by atoms with van der Waals surface area (Å²) in [6.07, 6.45) is 0.947. The zero-order valence-electron chi connectivity index (χ0n) is 9.56. The molecule has 81 valence electrons. The Hall–Kier alpha value is -2.08. The van der Waals surface area contributed by atoms with Gasteiger partial charge >= 0.3 is 0 Å². The molecule has 1 radical (unpaired) electrons.